The van der Waals surface area contributed by atoms with Gasteiger partial charge < -0.3 is 0 Å². The molecule has 0 aromatic carbocycles. The molecule has 0 atom stereocenters. The maximum Gasteiger partial charge on any atom is 0.300 e. The molecular weight excluding hydrogens is 358 g/mol. The fraction of sp³-hybridized carbons (Fsp3) is 0.300. The third-order valence-electron chi connectivity index (χ3n) is 2.56. The summed E-state index contributed by atoms with van der Waals surface area (Å²) < 4.78 is 26.3. The van der Waals surface area contributed by atoms with Crippen LogP contribution in [0.5, 0.6) is 0 Å². The van der Waals surface area contributed by atoms with E-state index in [9.17, 15) is 18.5 Å². The summed E-state index contributed by atoms with van der Waals surface area (Å²) in [6.07, 6.45) is 0.695. The number of sulfonamides is 1. The highest BCUT2D eigenvalue weighted by molar-refractivity contribution is 7.95. The van der Waals surface area contributed by atoms with Crippen LogP contribution in [0.25, 0.3) is 0 Å². The van der Waals surface area contributed by atoms with Crippen LogP contribution in [0.3, 0.4) is 0 Å². The van der Waals surface area contributed by atoms with E-state index in [0.29, 0.717) is 17.8 Å². The Kier molecular flexibility index (Phi) is 4.51. The van der Waals surface area contributed by atoms with Crippen molar-refractivity contribution < 1.29 is 13.3 Å². The number of rotatable bonds is 5. The van der Waals surface area contributed by atoms with Gasteiger partial charge in [-0.05, 0) is 13.3 Å². The summed E-state index contributed by atoms with van der Waals surface area (Å²) in [6.45, 7) is 3.77. The Labute approximate surface area is 133 Å². The summed E-state index contributed by atoms with van der Waals surface area (Å²) in [6, 6.07) is 0.941. The van der Waals surface area contributed by atoms with Crippen LogP contribution >= 0.6 is 34.3 Å². The van der Waals surface area contributed by atoms with Crippen LogP contribution in [0.15, 0.2) is 10.3 Å². The van der Waals surface area contributed by atoms with Crippen molar-refractivity contribution in [3.63, 3.8) is 0 Å². The van der Waals surface area contributed by atoms with Gasteiger partial charge in [-0.25, -0.2) is 13.4 Å². The number of aromatic nitrogens is 1. The molecule has 0 radical (unpaired) electrons. The molecule has 0 aliphatic rings. The monoisotopic (exact) mass is 367 g/mol. The summed E-state index contributed by atoms with van der Waals surface area (Å²) in [4.78, 5) is 15.1. The number of hydrogen-bond acceptors (Lipinski definition) is 7. The third kappa shape index (κ3) is 3.34. The molecule has 0 bridgehead atoms. The number of nitrogens with zero attached hydrogens (tertiary/aromatic N) is 2. The summed E-state index contributed by atoms with van der Waals surface area (Å²) in [5, 5.41) is 10.9. The number of hydrogen-bond donors (Lipinski definition) is 1. The Hall–Kier alpha value is -1.23. The minimum absolute atomic E-state index is 0.176. The molecule has 0 aliphatic heterocycles. The first-order valence-electron chi connectivity index (χ1n) is 5.67. The largest absolute Gasteiger partial charge is 0.300 e. The molecule has 0 saturated heterocycles. The molecule has 2 aromatic heterocycles. The van der Waals surface area contributed by atoms with Gasteiger partial charge in [0.05, 0.1) is 10.6 Å². The number of thiazole rings is 1. The second-order valence-electron chi connectivity index (χ2n) is 3.96. The van der Waals surface area contributed by atoms with Crippen molar-refractivity contribution in [1.82, 2.24) is 4.98 Å². The molecule has 0 aliphatic carbocycles. The van der Waals surface area contributed by atoms with Crippen molar-refractivity contribution in [2.45, 2.75) is 24.5 Å². The molecule has 0 unspecified atom stereocenters. The number of halogens is 1. The lowest BCUT2D eigenvalue weighted by molar-refractivity contribution is -0.384. The smallest absolute Gasteiger partial charge is 0.258 e. The van der Waals surface area contributed by atoms with Gasteiger partial charge in [-0.1, -0.05) is 18.5 Å². The van der Waals surface area contributed by atoms with E-state index < -0.39 is 20.6 Å². The van der Waals surface area contributed by atoms with Gasteiger partial charge in [0, 0.05) is 10.9 Å². The van der Waals surface area contributed by atoms with Crippen LogP contribution < -0.4 is 4.72 Å². The Morgan fingerprint density at radius 3 is 2.62 bits per heavy atom. The lowest BCUT2D eigenvalue weighted by Gasteiger charge is -2.01. The number of aryl methyl sites for hydroxylation is 2. The highest BCUT2D eigenvalue weighted by Crippen LogP contribution is 2.37. The maximum absolute atomic E-state index is 12.2. The molecule has 2 aromatic rings. The van der Waals surface area contributed by atoms with E-state index in [1.54, 1.807) is 0 Å². The summed E-state index contributed by atoms with van der Waals surface area (Å²) in [5.41, 5.74) is 0.388. The zero-order valence-corrected chi connectivity index (χ0v) is 14.1. The van der Waals surface area contributed by atoms with E-state index in [1.165, 1.54) is 11.3 Å². The van der Waals surface area contributed by atoms with E-state index in [4.69, 9.17) is 11.6 Å². The molecule has 0 fully saturated rings. The number of thiophene rings is 1. The van der Waals surface area contributed by atoms with Gasteiger partial charge in [0.1, 0.15) is 4.21 Å². The normalized spacial score (nSPS) is 11.6. The first-order chi connectivity index (χ1) is 9.74. The third-order valence-corrected chi connectivity index (χ3v) is 6.77. The van der Waals surface area contributed by atoms with Gasteiger partial charge in [0.2, 0.25) is 0 Å². The standard InChI is InChI=1S/C10H10ClN3O4S3/c1-3-6-5(2)19-10(12-6)13-21(17,18)8-4-7(14(15)16)9(11)20-8/h4H,3H2,1-2H3,(H,12,13). The van der Waals surface area contributed by atoms with Crippen LogP contribution in [0.1, 0.15) is 17.5 Å². The highest BCUT2D eigenvalue weighted by Gasteiger charge is 2.26. The Bertz CT molecular complexity index is 797. The minimum atomic E-state index is -3.93. The fourth-order valence-corrected chi connectivity index (χ4v) is 5.36. The van der Waals surface area contributed by atoms with Gasteiger partial charge in [0.15, 0.2) is 9.47 Å². The second-order valence-corrected chi connectivity index (χ2v) is 8.73. The quantitative estimate of drug-likeness (QED) is 0.644. The average Bonchev–Trinajstić information content (AvgIpc) is 2.92. The first kappa shape index (κ1) is 16.1. The Morgan fingerprint density at radius 2 is 2.14 bits per heavy atom. The summed E-state index contributed by atoms with van der Waals surface area (Å²) in [7, 11) is -3.93. The minimum Gasteiger partial charge on any atom is -0.258 e. The van der Waals surface area contributed by atoms with Gasteiger partial charge in [-0.2, -0.15) is 0 Å². The molecule has 7 nitrogen and oxygen atoms in total. The van der Waals surface area contributed by atoms with Crippen LogP contribution in [-0.2, 0) is 16.4 Å². The molecule has 21 heavy (non-hydrogen) atoms. The number of nitrogens with one attached hydrogen (secondary N) is 1. The molecule has 1 N–H and O–H groups in total. The van der Waals surface area contributed by atoms with Gasteiger partial charge in [-0.15, -0.1) is 22.7 Å². The van der Waals surface area contributed by atoms with Gasteiger partial charge in [0.25, 0.3) is 15.7 Å². The summed E-state index contributed by atoms with van der Waals surface area (Å²) >= 11 is 7.52. The van der Waals surface area contributed by atoms with Crippen LogP contribution in [-0.4, -0.2) is 18.3 Å². The molecule has 2 heterocycles. The molecule has 2 rings (SSSR count). The van der Waals surface area contributed by atoms with E-state index in [1.807, 2.05) is 13.8 Å². The van der Waals surface area contributed by atoms with Crippen LogP contribution in [0.2, 0.25) is 4.34 Å². The van der Waals surface area contributed by atoms with Crippen molar-refractivity contribution in [2.24, 2.45) is 0 Å². The van der Waals surface area contributed by atoms with Crippen molar-refractivity contribution in [1.29, 1.82) is 0 Å². The fourth-order valence-electron chi connectivity index (χ4n) is 1.56. The highest BCUT2D eigenvalue weighted by atomic mass is 35.5. The molecule has 0 spiro atoms. The van der Waals surface area contributed by atoms with E-state index >= 15 is 0 Å². The molecule has 0 amide bonds. The number of anilines is 1. The predicted molar refractivity (Wildman–Crippen MR) is 83.0 cm³/mol. The van der Waals surface area contributed by atoms with Crippen molar-refractivity contribution in [3.8, 4) is 0 Å². The van der Waals surface area contributed by atoms with Crippen molar-refractivity contribution >= 4 is 55.1 Å². The summed E-state index contributed by atoms with van der Waals surface area (Å²) in [5.74, 6) is 0. The van der Waals surface area contributed by atoms with Crippen molar-refractivity contribution in [2.75, 3.05) is 4.72 Å². The zero-order valence-electron chi connectivity index (χ0n) is 10.9. The zero-order chi connectivity index (χ0) is 15.8. The van der Waals surface area contributed by atoms with Crippen LogP contribution in [0, 0.1) is 17.0 Å². The number of nitro groups is 1. The topological polar surface area (TPSA) is 102 Å². The molecular formula is C10H10ClN3O4S3. The lowest BCUT2D eigenvalue weighted by Crippen LogP contribution is -2.11. The van der Waals surface area contributed by atoms with Crippen molar-refractivity contribution in [3.05, 3.63) is 31.1 Å². The first-order valence-corrected chi connectivity index (χ1v) is 9.17. The Balaban J connectivity index is 2.33. The SMILES string of the molecule is CCc1nc(NS(=O)(=O)c2cc([N+](=O)[O-])c(Cl)s2)sc1C. The molecule has 11 heteroatoms. The van der Waals surface area contributed by atoms with Gasteiger partial charge in [-0.3, -0.25) is 14.8 Å². The van der Waals surface area contributed by atoms with E-state index in [-0.39, 0.29) is 13.7 Å². The van der Waals surface area contributed by atoms with Crippen LogP contribution in [0.4, 0.5) is 10.8 Å². The Morgan fingerprint density at radius 1 is 1.48 bits per heavy atom. The molecule has 114 valence electrons. The second kappa shape index (κ2) is 5.87. The van der Waals surface area contributed by atoms with Gasteiger partial charge >= 0.3 is 0 Å². The predicted octanol–water partition coefficient (Wildman–Crippen LogP) is 3.44. The molecule has 0 saturated carbocycles. The average molecular weight is 368 g/mol. The maximum atomic E-state index is 12.2. The lowest BCUT2D eigenvalue weighted by atomic mass is 10.3. The van der Waals surface area contributed by atoms with E-state index in [0.717, 1.165) is 16.6 Å². The van der Waals surface area contributed by atoms with E-state index in [2.05, 4.69) is 9.71 Å².